The Morgan fingerprint density at radius 1 is 1.00 bits per heavy atom. The quantitative estimate of drug-likeness (QED) is 0.607. The van der Waals surface area contributed by atoms with Gasteiger partial charge in [0.1, 0.15) is 0 Å². The van der Waals surface area contributed by atoms with Crippen molar-refractivity contribution >= 4 is 0 Å². The fourth-order valence-corrected chi connectivity index (χ4v) is 2.69. The predicted octanol–water partition coefficient (Wildman–Crippen LogP) is 2.81. The lowest BCUT2D eigenvalue weighted by Gasteiger charge is -2.35. The number of hydrogen-bond acceptors (Lipinski definition) is 1. The van der Waals surface area contributed by atoms with Crippen LogP contribution in [-0.2, 0) is 0 Å². The van der Waals surface area contributed by atoms with E-state index in [0.29, 0.717) is 6.04 Å². The molecule has 1 atom stereocenters. The second kappa shape index (κ2) is 4.84. The molecule has 14 heavy (non-hydrogen) atoms. The zero-order valence-electron chi connectivity index (χ0n) is 9.26. The van der Waals surface area contributed by atoms with Gasteiger partial charge in [-0.05, 0) is 32.7 Å². The van der Waals surface area contributed by atoms with Crippen molar-refractivity contribution in [2.75, 3.05) is 7.05 Å². The van der Waals surface area contributed by atoms with E-state index in [-0.39, 0.29) is 0 Å². The second-order valence-corrected chi connectivity index (χ2v) is 4.69. The van der Waals surface area contributed by atoms with Crippen LogP contribution in [0.1, 0.15) is 51.4 Å². The molecule has 0 saturated heterocycles. The minimum absolute atomic E-state index is 0.562. The summed E-state index contributed by atoms with van der Waals surface area (Å²) in [4.78, 5) is 2.55. The highest BCUT2D eigenvalue weighted by Crippen LogP contribution is 2.24. The lowest BCUT2D eigenvalue weighted by atomic mass is 9.92. The average Bonchev–Trinajstić information content (AvgIpc) is 2.30. The Hall–Kier alpha value is -0.480. The molecule has 0 bridgehead atoms. The Balaban J connectivity index is 1.90. The normalized spacial score (nSPS) is 28.6. The number of rotatable bonds is 2. The molecule has 0 aromatic rings. The topological polar surface area (TPSA) is 3.24 Å². The fourth-order valence-electron chi connectivity index (χ4n) is 2.69. The summed E-state index contributed by atoms with van der Waals surface area (Å²) >= 11 is 0. The van der Waals surface area contributed by atoms with E-state index in [9.17, 15) is 0 Å². The molecule has 0 amide bonds. The monoisotopic (exact) mass is 191 g/mol. The molecule has 0 heterocycles. The third-order valence-corrected chi connectivity index (χ3v) is 3.69. The van der Waals surface area contributed by atoms with Crippen LogP contribution in [0.15, 0.2) is 0 Å². The summed E-state index contributed by atoms with van der Waals surface area (Å²) in [6.45, 7) is 0. The minimum atomic E-state index is 0.562. The van der Waals surface area contributed by atoms with Crippen molar-refractivity contribution in [3.05, 3.63) is 0 Å². The van der Waals surface area contributed by atoms with E-state index in [1.165, 1.54) is 44.9 Å². The molecule has 2 aliphatic rings. The zero-order valence-corrected chi connectivity index (χ0v) is 9.26. The van der Waals surface area contributed by atoms with E-state index < -0.39 is 0 Å². The summed E-state index contributed by atoms with van der Waals surface area (Å²) in [5, 5.41) is 0. The van der Waals surface area contributed by atoms with Crippen molar-refractivity contribution in [2.24, 2.45) is 0 Å². The molecule has 0 radical (unpaired) electrons. The largest absolute Gasteiger partial charge is 0.290 e. The molecule has 1 fully saturated rings. The van der Waals surface area contributed by atoms with E-state index in [1.807, 2.05) is 0 Å². The maximum Gasteiger partial charge on any atom is 0.0714 e. The first-order chi connectivity index (χ1) is 6.88. The summed E-state index contributed by atoms with van der Waals surface area (Å²) in [5.41, 5.74) is 0. The Kier molecular flexibility index (Phi) is 3.48. The molecule has 0 aliphatic heterocycles. The molecule has 1 unspecified atom stereocenters. The van der Waals surface area contributed by atoms with E-state index in [2.05, 4.69) is 23.8 Å². The molecule has 0 N–H and O–H groups in total. The van der Waals surface area contributed by atoms with Crippen LogP contribution in [0.4, 0.5) is 0 Å². The number of hydrogen-bond donors (Lipinski definition) is 0. The Labute approximate surface area is 87.9 Å². The van der Waals surface area contributed by atoms with Gasteiger partial charge in [0.15, 0.2) is 0 Å². The molecule has 0 aromatic heterocycles. The third kappa shape index (κ3) is 2.30. The standard InChI is InChI=1S/C13H21N/c1-14(12-8-4-2-5-9-12)13-10-6-3-7-11-13/h12-13H,2-6,8-10H2,1H3. The minimum Gasteiger partial charge on any atom is -0.290 e. The molecule has 78 valence electrons. The summed E-state index contributed by atoms with van der Waals surface area (Å²) in [6, 6.07) is 1.38. The fraction of sp³-hybridized carbons (Fsp3) is 0.846. The zero-order chi connectivity index (χ0) is 9.80. The van der Waals surface area contributed by atoms with Gasteiger partial charge in [0, 0.05) is 12.5 Å². The Morgan fingerprint density at radius 2 is 1.79 bits per heavy atom. The van der Waals surface area contributed by atoms with E-state index >= 15 is 0 Å². The molecule has 1 saturated carbocycles. The van der Waals surface area contributed by atoms with Gasteiger partial charge >= 0.3 is 0 Å². The smallest absolute Gasteiger partial charge is 0.0714 e. The van der Waals surface area contributed by atoms with Gasteiger partial charge in [0.05, 0.1) is 6.04 Å². The van der Waals surface area contributed by atoms with Crippen LogP contribution in [0.3, 0.4) is 0 Å². The van der Waals surface area contributed by atoms with Crippen molar-refractivity contribution < 1.29 is 0 Å². The molecule has 2 aliphatic carbocycles. The first-order valence-corrected chi connectivity index (χ1v) is 6.08. The Morgan fingerprint density at radius 3 is 2.43 bits per heavy atom. The van der Waals surface area contributed by atoms with Crippen LogP contribution in [0.25, 0.3) is 0 Å². The lowest BCUT2D eigenvalue weighted by molar-refractivity contribution is 0.157. The van der Waals surface area contributed by atoms with Gasteiger partial charge in [0.2, 0.25) is 0 Å². The highest BCUT2D eigenvalue weighted by atomic mass is 15.2. The molecular formula is C13H21N. The van der Waals surface area contributed by atoms with Crippen LogP contribution in [0.2, 0.25) is 0 Å². The second-order valence-electron chi connectivity index (χ2n) is 4.69. The van der Waals surface area contributed by atoms with Crippen molar-refractivity contribution in [3.63, 3.8) is 0 Å². The highest BCUT2D eigenvalue weighted by molar-refractivity contribution is 5.12. The summed E-state index contributed by atoms with van der Waals surface area (Å²) in [5.74, 6) is 6.66. The van der Waals surface area contributed by atoms with Crippen molar-refractivity contribution in [3.8, 4) is 11.8 Å². The average molecular weight is 191 g/mol. The van der Waals surface area contributed by atoms with Crippen molar-refractivity contribution in [1.82, 2.24) is 4.90 Å². The van der Waals surface area contributed by atoms with E-state index in [4.69, 9.17) is 0 Å². The van der Waals surface area contributed by atoms with Gasteiger partial charge in [-0.3, -0.25) is 4.90 Å². The molecule has 2 rings (SSSR count). The first kappa shape index (κ1) is 10.1. The van der Waals surface area contributed by atoms with E-state index in [0.717, 1.165) is 12.5 Å². The third-order valence-electron chi connectivity index (χ3n) is 3.69. The van der Waals surface area contributed by atoms with Crippen molar-refractivity contribution in [1.29, 1.82) is 0 Å². The summed E-state index contributed by atoms with van der Waals surface area (Å²) in [7, 11) is 2.28. The number of nitrogens with zero attached hydrogens (tertiary/aromatic N) is 1. The molecular weight excluding hydrogens is 170 g/mol. The van der Waals surface area contributed by atoms with Crippen LogP contribution in [-0.4, -0.2) is 24.0 Å². The summed E-state index contributed by atoms with van der Waals surface area (Å²) in [6.07, 6.45) is 10.8. The van der Waals surface area contributed by atoms with Crippen LogP contribution in [0.5, 0.6) is 0 Å². The maximum atomic E-state index is 3.39. The summed E-state index contributed by atoms with van der Waals surface area (Å²) < 4.78 is 0. The van der Waals surface area contributed by atoms with Crippen molar-refractivity contribution in [2.45, 2.75) is 63.5 Å². The van der Waals surface area contributed by atoms with Crippen LogP contribution < -0.4 is 0 Å². The van der Waals surface area contributed by atoms with Crippen LogP contribution >= 0.6 is 0 Å². The van der Waals surface area contributed by atoms with Gasteiger partial charge in [-0.1, -0.05) is 25.2 Å². The Bertz CT molecular complexity index is 229. The SMILES string of the molecule is CN(C1C#CCCC1)C1CCCCC1. The van der Waals surface area contributed by atoms with Gasteiger partial charge in [-0.2, -0.15) is 0 Å². The van der Waals surface area contributed by atoms with Crippen LogP contribution in [0, 0.1) is 11.8 Å². The predicted molar refractivity (Wildman–Crippen MR) is 60.1 cm³/mol. The van der Waals surface area contributed by atoms with Gasteiger partial charge < -0.3 is 0 Å². The lowest BCUT2D eigenvalue weighted by Crippen LogP contribution is -2.41. The van der Waals surface area contributed by atoms with E-state index in [1.54, 1.807) is 0 Å². The highest BCUT2D eigenvalue weighted by Gasteiger charge is 2.23. The van der Waals surface area contributed by atoms with Gasteiger partial charge in [-0.15, -0.1) is 5.92 Å². The molecule has 0 spiro atoms. The molecule has 1 nitrogen and oxygen atoms in total. The first-order valence-electron chi connectivity index (χ1n) is 6.08. The van der Waals surface area contributed by atoms with Gasteiger partial charge in [-0.25, -0.2) is 0 Å². The maximum absolute atomic E-state index is 3.39. The van der Waals surface area contributed by atoms with Gasteiger partial charge in [0.25, 0.3) is 0 Å². The molecule has 1 heteroatoms. The molecule has 0 aromatic carbocycles.